The van der Waals surface area contributed by atoms with Gasteiger partial charge in [-0.05, 0) is 51.7 Å². The molecule has 1 aliphatic carbocycles. The van der Waals surface area contributed by atoms with Crippen molar-refractivity contribution in [3.05, 3.63) is 58.0 Å². The van der Waals surface area contributed by atoms with E-state index in [9.17, 15) is 9.59 Å². The number of pyridine rings is 1. The van der Waals surface area contributed by atoms with Crippen molar-refractivity contribution in [2.75, 3.05) is 13.1 Å². The number of benzene rings is 1. The first-order valence-electron chi connectivity index (χ1n) is 8.95. The molecule has 0 spiro atoms. The predicted molar refractivity (Wildman–Crippen MR) is 97.6 cm³/mol. The van der Waals surface area contributed by atoms with Crippen LogP contribution in [0.3, 0.4) is 0 Å². The van der Waals surface area contributed by atoms with E-state index in [1.807, 2.05) is 44.2 Å². The van der Waals surface area contributed by atoms with Gasteiger partial charge in [-0.1, -0.05) is 18.2 Å². The SMILES string of the molecule is CCN(CC)C(=O)Oc1cc(=O)n(-c2ccccc2)c2c1CCCC2. The van der Waals surface area contributed by atoms with Crippen LogP contribution in [-0.2, 0) is 12.8 Å². The fraction of sp³-hybridized carbons (Fsp3) is 0.400. The van der Waals surface area contributed by atoms with Crippen molar-refractivity contribution in [3.63, 3.8) is 0 Å². The first-order valence-corrected chi connectivity index (χ1v) is 8.95. The number of aromatic nitrogens is 1. The first-order chi connectivity index (χ1) is 12.2. The van der Waals surface area contributed by atoms with E-state index in [4.69, 9.17) is 4.74 Å². The second-order valence-electron chi connectivity index (χ2n) is 6.19. The molecule has 0 unspecified atom stereocenters. The van der Waals surface area contributed by atoms with Gasteiger partial charge in [0, 0.05) is 36.1 Å². The zero-order valence-electron chi connectivity index (χ0n) is 14.8. The predicted octanol–water partition coefficient (Wildman–Crippen LogP) is 3.56. The summed E-state index contributed by atoms with van der Waals surface area (Å²) in [4.78, 5) is 26.7. The van der Waals surface area contributed by atoms with Crippen LogP contribution < -0.4 is 10.3 Å². The Morgan fingerprint density at radius 2 is 1.80 bits per heavy atom. The van der Waals surface area contributed by atoms with Gasteiger partial charge in [0.1, 0.15) is 5.75 Å². The highest BCUT2D eigenvalue weighted by molar-refractivity contribution is 5.71. The van der Waals surface area contributed by atoms with Crippen molar-refractivity contribution >= 4 is 6.09 Å². The molecule has 0 N–H and O–H groups in total. The summed E-state index contributed by atoms with van der Waals surface area (Å²) in [5, 5.41) is 0. The third-order valence-corrected chi connectivity index (χ3v) is 4.71. The minimum absolute atomic E-state index is 0.158. The summed E-state index contributed by atoms with van der Waals surface area (Å²) < 4.78 is 7.36. The average molecular weight is 340 g/mol. The molecule has 0 bridgehead atoms. The number of amides is 1. The Morgan fingerprint density at radius 3 is 2.48 bits per heavy atom. The molecule has 25 heavy (non-hydrogen) atoms. The van der Waals surface area contributed by atoms with Gasteiger partial charge < -0.3 is 9.64 Å². The molecule has 1 aromatic carbocycles. The van der Waals surface area contributed by atoms with E-state index < -0.39 is 6.09 Å². The summed E-state index contributed by atoms with van der Waals surface area (Å²) in [6.45, 7) is 4.98. The van der Waals surface area contributed by atoms with Crippen LogP contribution in [0.1, 0.15) is 37.9 Å². The summed E-state index contributed by atoms with van der Waals surface area (Å²) >= 11 is 0. The maximum absolute atomic E-state index is 12.8. The third kappa shape index (κ3) is 3.45. The number of hydrogen-bond acceptors (Lipinski definition) is 3. The zero-order valence-corrected chi connectivity index (χ0v) is 14.8. The largest absolute Gasteiger partial charge is 0.415 e. The van der Waals surface area contributed by atoms with Gasteiger partial charge in [0.15, 0.2) is 0 Å². The molecule has 0 radical (unpaired) electrons. The van der Waals surface area contributed by atoms with Gasteiger partial charge in [-0.25, -0.2) is 4.79 Å². The van der Waals surface area contributed by atoms with E-state index >= 15 is 0 Å². The van der Waals surface area contributed by atoms with Crippen LogP contribution >= 0.6 is 0 Å². The molecular formula is C20H24N2O3. The molecule has 0 saturated heterocycles. The number of carbonyl (C=O) groups excluding carboxylic acids is 1. The highest BCUT2D eigenvalue weighted by Crippen LogP contribution is 2.30. The van der Waals surface area contributed by atoms with Crippen molar-refractivity contribution in [3.8, 4) is 11.4 Å². The van der Waals surface area contributed by atoms with Crippen molar-refractivity contribution in [1.82, 2.24) is 9.47 Å². The smallest absolute Gasteiger partial charge is 0.410 e. The lowest BCUT2D eigenvalue weighted by Gasteiger charge is -2.25. The molecule has 1 heterocycles. The lowest BCUT2D eigenvalue weighted by Crippen LogP contribution is -2.34. The quantitative estimate of drug-likeness (QED) is 0.855. The molecule has 0 saturated carbocycles. The fourth-order valence-electron chi connectivity index (χ4n) is 3.39. The van der Waals surface area contributed by atoms with Crippen LogP contribution in [0.25, 0.3) is 5.69 Å². The van der Waals surface area contributed by atoms with Gasteiger partial charge in [0.25, 0.3) is 5.56 Å². The Hall–Kier alpha value is -2.56. The molecule has 1 aliphatic rings. The highest BCUT2D eigenvalue weighted by Gasteiger charge is 2.23. The summed E-state index contributed by atoms with van der Waals surface area (Å²) in [5.41, 5.74) is 2.64. The van der Waals surface area contributed by atoms with Crippen molar-refractivity contribution in [2.24, 2.45) is 0 Å². The van der Waals surface area contributed by atoms with E-state index in [1.165, 1.54) is 6.07 Å². The van der Waals surface area contributed by atoms with Crippen molar-refractivity contribution in [2.45, 2.75) is 39.5 Å². The van der Waals surface area contributed by atoms with Crippen LogP contribution in [0, 0.1) is 0 Å². The number of rotatable bonds is 4. The summed E-state index contributed by atoms with van der Waals surface area (Å²) in [7, 11) is 0. The van der Waals surface area contributed by atoms with E-state index in [0.717, 1.165) is 42.6 Å². The number of ether oxygens (including phenoxy) is 1. The Kier molecular flexibility index (Phi) is 5.22. The van der Waals surface area contributed by atoms with E-state index in [-0.39, 0.29) is 5.56 Å². The molecule has 0 aliphatic heterocycles. The molecule has 5 heteroatoms. The molecule has 2 aromatic rings. The normalized spacial score (nSPS) is 13.2. The summed E-state index contributed by atoms with van der Waals surface area (Å²) in [5.74, 6) is 0.420. The minimum Gasteiger partial charge on any atom is -0.410 e. The Labute approximate surface area is 147 Å². The average Bonchev–Trinajstić information content (AvgIpc) is 2.63. The first kappa shape index (κ1) is 17.3. The number of nitrogens with zero attached hydrogens (tertiary/aromatic N) is 2. The fourth-order valence-corrected chi connectivity index (χ4v) is 3.39. The van der Waals surface area contributed by atoms with E-state index in [2.05, 4.69) is 0 Å². The summed E-state index contributed by atoms with van der Waals surface area (Å²) in [6.07, 6.45) is 3.32. The standard InChI is InChI=1S/C20H24N2O3/c1-3-21(4-2)20(24)25-18-14-19(23)22(15-10-6-5-7-11-15)17-13-9-8-12-16(17)18/h5-7,10-11,14H,3-4,8-9,12-13H2,1-2H3. The van der Waals surface area contributed by atoms with Gasteiger partial charge in [0.2, 0.25) is 0 Å². The molecule has 3 rings (SSSR count). The molecule has 0 atom stereocenters. The van der Waals surface area contributed by atoms with Crippen molar-refractivity contribution < 1.29 is 9.53 Å². The number of fused-ring (bicyclic) bond motifs is 1. The van der Waals surface area contributed by atoms with Crippen LogP contribution in [0.2, 0.25) is 0 Å². The Bertz CT molecular complexity index is 808. The van der Waals surface area contributed by atoms with Gasteiger partial charge in [-0.3, -0.25) is 9.36 Å². The van der Waals surface area contributed by atoms with Crippen LogP contribution in [-0.4, -0.2) is 28.6 Å². The molecule has 1 aromatic heterocycles. The molecule has 132 valence electrons. The minimum atomic E-state index is -0.394. The van der Waals surface area contributed by atoms with E-state index in [1.54, 1.807) is 9.47 Å². The van der Waals surface area contributed by atoms with Crippen molar-refractivity contribution in [1.29, 1.82) is 0 Å². The van der Waals surface area contributed by atoms with Gasteiger partial charge >= 0.3 is 6.09 Å². The monoisotopic (exact) mass is 340 g/mol. The van der Waals surface area contributed by atoms with Crippen LogP contribution in [0.4, 0.5) is 4.79 Å². The number of hydrogen-bond donors (Lipinski definition) is 0. The zero-order chi connectivity index (χ0) is 17.8. The summed E-state index contributed by atoms with van der Waals surface area (Å²) in [6, 6.07) is 11.1. The maximum Gasteiger partial charge on any atom is 0.415 e. The second-order valence-corrected chi connectivity index (χ2v) is 6.19. The van der Waals surface area contributed by atoms with Crippen LogP contribution in [0.15, 0.2) is 41.2 Å². The molecule has 5 nitrogen and oxygen atoms in total. The third-order valence-electron chi connectivity index (χ3n) is 4.71. The topological polar surface area (TPSA) is 51.5 Å². The maximum atomic E-state index is 12.8. The molecule has 0 fully saturated rings. The lowest BCUT2D eigenvalue weighted by molar-refractivity contribution is 0.156. The molecule has 1 amide bonds. The Balaban J connectivity index is 2.06. The molecular weight excluding hydrogens is 316 g/mol. The number of carbonyl (C=O) groups is 1. The highest BCUT2D eigenvalue weighted by atomic mass is 16.6. The van der Waals surface area contributed by atoms with Gasteiger partial charge in [0.05, 0.1) is 0 Å². The van der Waals surface area contributed by atoms with E-state index in [0.29, 0.717) is 18.8 Å². The van der Waals surface area contributed by atoms with Crippen LogP contribution in [0.5, 0.6) is 5.75 Å². The van der Waals surface area contributed by atoms with Gasteiger partial charge in [-0.2, -0.15) is 0 Å². The Morgan fingerprint density at radius 1 is 1.12 bits per heavy atom. The van der Waals surface area contributed by atoms with Gasteiger partial charge in [-0.15, -0.1) is 0 Å². The number of para-hydroxylation sites is 1. The second kappa shape index (κ2) is 7.55. The lowest BCUT2D eigenvalue weighted by atomic mass is 9.94.